The quantitative estimate of drug-likeness (QED) is 0.216. The summed E-state index contributed by atoms with van der Waals surface area (Å²) in [4.78, 5) is 42.7. The fraction of sp³-hybridized carbons (Fsp3) is 0.906. The van der Waals surface area contributed by atoms with E-state index in [4.69, 9.17) is 5.26 Å². The molecule has 0 saturated heterocycles. The lowest BCUT2D eigenvalue weighted by atomic mass is 9.57. The standard InChI is InChI=1S/C32H52F2N2O6/c1-16-9-26(18(3)37)19(15-42-41)11-24(16)25-14-28(32(39)40)27(10-17(25)2)31(38)36-21-6-8-23(30(34)13-21)22-7-5-20(35-4)12-29(22)33/h16-17,19-30,35,41H,5-15H2,1-4H3,(H,36,38)(H,39,40). The van der Waals surface area contributed by atoms with Crippen molar-refractivity contribution in [2.24, 2.45) is 59.2 Å². The summed E-state index contributed by atoms with van der Waals surface area (Å²) in [5.74, 6) is -3.20. The first-order valence-electron chi connectivity index (χ1n) is 16.2. The molecule has 0 aromatic carbocycles. The van der Waals surface area contributed by atoms with Gasteiger partial charge in [-0.3, -0.25) is 19.6 Å². The van der Waals surface area contributed by atoms with Gasteiger partial charge in [-0.25, -0.2) is 13.7 Å². The highest BCUT2D eigenvalue weighted by Crippen LogP contribution is 2.50. The average Bonchev–Trinajstić information content (AvgIpc) is 2.94. The summed E-state index contributed by atoms with van der Waals surface area (Å²) in [5.41, 5.74) is 0. The zero-order valence-corrected chi connectivity index (χ0v) is 25.6. The molecule has 0 radical (unpaired) electrons. The molecule has 0 heterocycles. The van der Waals surface area contributed by atoms with E-state index < -0.39 is 30.1 Å². The first-order chi connectivity index (χ1) is 19.9. The molecule has 8 nitrogen and oxygen atoms in total. The van der Waals surface area contributed by atoms with Crippen molar-refractivity contribution >= 4 is 17.7 Å². The monoisotopic (exact) mass is 598 g/mol. The molecule has 0 bridgehead atoms. The van der Waals surface area contributed by atoms with Gasteiger partial charge < -0.3 is 15.7 Å². The second kappa shape index (κ2) is 14.4. The molecule has 4 aliphatic rings. The van der Waals surface area contributed by atoms with Gasteiger partial charge in [-0.1, -0.05) is 13.8 Å². The molecule has 4 fully saturated rings. The average molecular weight is 599 g/mol. The highest BCUT2D eigenvalue weighted by Gasteiger charge is 2.49. The molecule has 1 amide bonds. The number of carboxylic acid groups (broad SMARTS) is 1. The number of hydrogen-bond acceptors (Lipinski definition) is 6. The predicted octanol–water partition coefficient (Wildman–Crippen LogP) is 5.06. The Hall–Kier alpha value is -1.65. The van der Waals surface area contributed by atoms with Gasteiger partial charge in [0.15, 0.2) is 0 Å². The molecular weight excluding hydrogens is 546 g/mol. The first-order valence-corrected chi connectivity index (χ1v) is 16.2. The minimum Gasteiger partial charge on any atom is -0.481 e. The minimum atomic E-state index is -1.19. The number of aliphatic carboxylic acids is 1. The third-order valence-corrected chi connectivity index (χ3v) is 11.8. The number of carbonyl (C=O) groups excluding carboxylic acids is 2. The summed E-state index contributed by atoms with van der Waals surface area (Å²) < 4.78 is 30.3. The molecule has 0 aromatic rings. The maximum atomic E-state index is 15.4. The topological polar surface area (TPSA) is 125 Å². The Morgan fingerprint density at radius 1 is 0.762 bits per heavy atom. The number of ketones is 1. The molecule has 42 heavy (non-hydrogen) atoms. The van der Waals surface area contributed by atoms with Crippen molar-refractivity contribution in [2.45, 2.75) is 109 Å². The summed E-state index contributed by atoms with van der Waals surface area (Å²) in [6.45, 7) is 5.82. The lowest BCUT2D eigenvalue weighted by Crippen LogP contribution is -2.51. The summed E-state index contributed by atoms with van der Waals surface area (Å²) in [6.07, 6.45) is 3.08. The van der Waals surface area contributed by atoms with Crippen LogP contribution in [0.2, 0.25) is 0 Å². The van der Waals surface area contributed by atoms with Crippen molar-refractivity contribution in [3.05, 3.63) is 0 Å². The summed E-state index contributed by atoms with van der Waals surface area (Å²) in [7, 11) is 1.83. The van der Waals surface area contributed by atoms with E-state index >= 15 is 4.39 Å². The van der Waals surface area contributed by atoms with Gasteiger partial charge in [-0.15, -0.1) is 0 Å². The highest BCUT2D eigenvalue weighted by atomic mass is 19.1. The van der Waals surface area contributed by atoms with Gasteiger partial charge in [0.05, 0.1) is 18.4 Å². The van der Waals surface area contributed by atoms with Crippen molar-refractivity contribution in [1.29, 1.82) is 0 Å². The molecular formula is C32H52F2N2O6. The number of hydrogen-bond donors (Lipinski definition) is 4. The van der Waals surface area contributed by atoms with Crippen molar-refractivity contribution in [1.82, 2.24) is 10.6 Å². The summed E-state index contributed by atoms with van der Waals surface area (Å²) >= 11 is 0. The zero-order chi connectivity index (χ0) is 30.7. The molecule has 14 atom stereocenters. The van der Waals surface area contributed by atoms with Crippen LogP contribution in [-0.4, -0.2) is 66.1 Å². The highest BCUT2D eigenvalue weighted by molar-refractivity contribution is 5.85. The van der Waals surface area contributed by atoms with Gasteiger partial charge in [-0.05, 0) is 120 Å². The minimum absolute atomic E-state index is 0.0663. The molecule has 4 rings (SSSR count). The van der Waals surface area contributed by atoms with Crippen LogP contribution in [0.1, 0.15) is 85.0 Å². The van der Waals surface area contributed by atoms with E-state index in [9.17, 15) is 23.9 Å². The van der Waals surface area contributed by atoms with Gasteiger partial charge in [0, 0.05) is 18.0 Å². The Morgan fingerprint density at radius 2 is 1.31 bits per heavy atom. The predicted molar refractivity (Wildman–Crippen MR) is 154 cm³/mol. The SMILES string of the molecule is CNC1CCC(C2CCC(NC(=O)C3CC(C)C(C4CC(COO)C(C(C)=O)CC4C)CC3C(=O)O)CC2F)C(F)C1. The largest absolute Gasteiger partial charge is 0.481 e. The van der Waals surface area contributed by atoms with Crippen LogP contribution in [0, 0.1) is 59.2 Å². The van der Waals surface area contributed by atoms with Crippen LogP contribution < -0.4 is 10.6 Å². The van der Waals surface area contributed by atoms with E-state index in [1.807, 2.05) is 7.05 Å². The summed E-state index contributed by atoms with van der Waals surface area (Å²) in [6, 6.07) is -0.238. The number of carboxylic acids is 1. The fourth-order valence-corrected chi connectivity index (χ4v) is 9.42. The Bertz CT molecular complexity index is 954. The molecule has 4 saturated carbocycles. The maximum Gasteiger partial charge on any atom is 0.307 e. The lowest BCUT2D eigenvalue weighted by Gasteiger charge is -2.48. The van der Waals surface area contributed by atoms with Crippen LogP contribution in [-0.2, 0) is 19.3 Å². The van der Waals surface area contributed by atoms with Crippen LogP contribution >= 0.6 is 0 Å². The number of nitrogens with one attached hydrogen (secondary N) is 2. The third-order valence-electron chi connectivity index (χ3n) is 11.8. The number of amides is 1. The zero-order valence-electron chi connectivity index (χ0n) is 25.6. The Balaban J connectivity index is 1.36. The van der Waals surface area contributed by atoms with E-state index in [0.29, 0.717) is 51.4 Å². The third kappa shape index (κ3) is 7.34. The van der Waals surface area contributed by atoms with E-state index in [1.54, 1.807) is 6.92 Å². The van der Waals surface area contributed by atoms with Crippen molar-refractivity contribution < 1.29 is 38.4 Å². The van der Waals surface area contributed by atoms with Gasteiger partial charge in [0.2, 0.25) is 5.91 Å². The van der Waals surface area contributed by atoms with Gasteiger partial charge in [0.25, 0.3) is 0 Å². The van der Waals surface area contributed by atoms with Gasteiger partial charge in [0.1, 0.15) is 18.1 Å². The second-order valence-electron chi connectivity index (χ2n) is 14.2. The molecule has 240 valence electrons. The smallest absolute Gasteiger partial charge is 0.307 e. The van der Waals surface area contributed by atoms with E-state index in [2.05, 4.69) is 29.4 Å². The Morgan fingerprint density at radius 3 is 1.83 bits per heavy atom. The van der Waals surface area contributed by atoms with Crippen molar-refractivity contribution in [2.75, 3.05) is 13.7 Å². The van der Waals surface area contributed by atoms with Crippen LogP contribution in [0.4, 0.5) is 8.78 Å². The molecule has 4 aliphatic carbocycles. The van der Waals surface area contributed by atoms with Crippen molar-refractivity contribution in [3.8, 4) is 0 Å². The van der Waals surface area contributed by atoms with E-state index in [0.717, 1.165) is 6.42 Å². The Labute approximate surface area is 249 Å². The fourth-order valence-electron chi connectivity index (χ4n) is 9.42. The van der Waals surface area contributed by atoms with Gasteiger partial charge >= 0.3 is 5.97 Å². The van der Waals surface area contributed by atoms with E-state index in [-0.39, 0.29) is 84.1 Å². The first kappa shape index (κ1) is 33.2. The van der Waals surface area contributed by atoms with Crippen LogP contribution in [0.15, 0.2) is 0 Å². The molecule has 0 aliphatic heterocycles. The van der Waals surface area contributed by atoms with Crippen LogP contribution in [0.25, 0.3) is 0 Å². The van der Waals surface area contributed by atoms with E-state index in [1.165, 1.54) is 0 Å². The summed E-state index contributed by atoms with van der Waals surface area (Å²) in [5, 5.41) is 25.4. The molecule has 14 unspecified atom stereocenters. The number of carbonyl (C=O) groups is 3. The molecule has 0 spiro atoms. The molecule has 4 N–H and O–H groups in total. The van der Waals surface area contributed by atoms with Crippen molar-refractivity contribution in [3.63, 3.8) is 0 Å². The molecule has 10 heteroatoms. The Kier molecular flexibility index (Phi) is 11.4. The number of halogens is 2. The second-order valence-corrected chi connectivity index (χ2v) is 14.2. The van der Waals surface area contributed by atoms with Gasteiger partial charge in [-0.2, -0.15) is 0 Å². The number of alkyl halides is 2. The van der Waals surface area contributed by atoms with Crippen LogP contribution in [0.3, 0.4) is 0 Å². The normalized spacial score (nSPS) is 44.7. The van der Waals surface area contributed by atoms with Crippen LogP contribution in [0.5, 0.6) is 0 Å². The molecule has 0 aromatic heterocycles. The maximum absolute atomic E-state index is 15.4. The lowest BCUT2D eigenvalue weighted by molar-refractivity contribution is -0.257. The number of Topliss-reactive ketones (excluding diaryl/α,β-unsaturated/α-hetero) is 1. The number of rotatable bonds is 9.